The van der Waals surface area contributed by atoms with E-state index in [0.717, 1.165) is 20.1 Å². The van der Waals surface area contributed by atoms with E-state index in [2.05, 4.69) is 15.9 Å². The van der Waals surface area contributed by atoms with Crippen molar-refractivity contribution in [2.75, 3.05) is 0 Å². The van der Waals surface area contributed by atoms with Gasteiger partial charge in [-0.15, -0.1) is 11.3 Å². The van der Waals surface area contributed by atoms with Crippen LogP contribution in [0.2, 0.25) is 0 Å². The SMILES string of the molecule is O=c1[nH]c(=O)n(Cc2sccc2Br)cc1[N+](=O)[O-]. The molecule has 0 fully saturated rings. The number of nitrogens with one attached hydrogen (secondary N) is 1. The van der Waals surface area contributed by atoms with Gasteiger partial charge in [-0.3, -0.25) is 24.5 Å². The number of H-pyrrole nitrogens is 1. The monoisotopic (exact) mass is 331 g/mol. The first-order valence-corrected chi connectivity index (χ1v) is 6.36. The van der Waals surface area contributed by atoms with Crippen LogP contribution in [0.1, 0.15) is 4.88 Å². The molecule has 0 atom stereocenters. The summed E-state index contributed by atoms with van der Waals surface area (Å²) < 4.78 is 1.91. The number of aromatic amines is 1. The Morgan fingerprint density at radius 2 is 2.22 bits per heavy atom. The number of aromatic nitrogens is 2. The van der Waals surface area contributed by atoms with Crippen molar-refractivity contribution in [2.45, 2.75) is 6.54 Å². The molecule has 0 aromatic carbocycles. The van der Waals surface area contributed by atoms with Crippen LogP contribution >= 0.6 is 27.3 Å². The summed E-state index contributed by atoms with van der Waals surface area (Å²) in [6, 6.07) is 1.81. The Balaban J connectivity index is 2.49. The Bertz CT molecular complexity index is 717. The van der Waals surface area contributed by atoms with E-state index in [0.29, 0.717) is 0 Å². The second-order valence-electron chi connectivity index (χ2n) is 3.35. The third-order valence-corrected chi connectivity index (χ3v) is 4.10. The lowest BCUT2D eigenvalue weighted by Gasteiger charge is -2.03. The molecule has 0 radical (unpaired) electrons. The van der Waals surface area contributed by atoms with Crippen LogP contribution in [0.5, 0.6) is 0 Å². The fraction of sp³-hybridized carbons (Fsp3) is 0.111. The maximum Gasteiger partial charge on any atom is 0.350 e. The quantitative estimate of drug-likeness (QED) is 0.677. The third-order valence-electron chi connectivity index (χ3n) is 2.19. The summed E-state index contributed by atoms with van der Waals surface area (Å²) in [5.74, 6) is 0. The summed E-state index contributed by atoms with van der Waals surface area (Å²) >= 11 is 4.70. The Kier molecular flexibility index (Phi) is 3.43. The number of halogens is 1. The van der Waals surface area contributed by atoms with E-state index in [1.807, 2.05) is 16.4 Å². The molecule has 0 saturated heterocycles. The van der Waals surface area contributed by atoms with Gasteiger partial charge in [0.2, 0.25) is 0 Å². The fourth-order valence-electron chi connectivity index (χ4n) is 1.34. The van der Waals surface area contributed by atoms with Gasteiger partial charge < -0.3 is 0 Å². The topological polar surface area (TPSA) is 98.0 Å². The maximum atomic E-state index is 11.5. The minimum Gasteiger partial charge on any atom is -0.288 e. The highest BCUT2D eigenvalue weighted by molar-refractivity contribution is 9.10. The van der Waals surface area contributed by atoms with E-state index in [1.165, 1.54) is 11.3 Å². The molecule has 0 aliphatic heterocycles. The zero-order valence-corrected chi connectivity index (χ0v) is 11.2. The van der Waals surface area contributed by atoms with Crippen LogP contribution in [0, 0.1) is 10.1 Å². The highest BCUT2D eigenvalue weighted by Gasteiger charge is 2.15. The number of thiophene rings is 1. The van der Waals surface area contributed by atoms with Gasteiger partial charge in [0.05, 0.1) is 17.7 Å². The molecule has 18 heavy (non-hydrogen) atoms. The lowest BCUT2D eigenvalue weighted by molar-refractivity contribution is -0.386. The minimum absolute atomic E-state index is 0.161. The van der Waals surface area contributed by atoms with Gasteiger partial charge >= 0.3 is 16.9 Å². The van der Waals surface area contributed by atoms with Gasteiger partial charge in [-0.2, -0.15) is 0 Å². The molecule has 0 bridgehead atoms. The van der Waals surface area contributed by atoms with Crippen molar-refractivity contribution >= 4 is 33.0 Å². The fourth-order valence-corrected chi connectivity index (χ4v) is 2.81. The molecular weight excluding hydrogens is 326 g/mol. The summed E-state index contributed by atoms with van der Waals surface area (Å²) in [6.07, 6.45) is 0.952. The second-order valence-corrected chi connectivity index (χ2v) is 5.21. The van der Waals surface area contributed by atoms with E-state index >= 15 is 0 Å². The van der Waals surface area contributed by atoms with Gasteiger partial charge in [0.1, 0.15) is 0 Å². The van der Waals surface area contributed by atoms with E-state index in [-0.39, 0.29) is 6.54 Å². The molecule has 9 heteroatoms. The van der Waals surface area contributed by atoms with Crippen molar-refractivity contribution in [1.82, 2.24) is 9.55 Å². The molecule has 0 spiro atoms. The summed E-state index contributed by atoms with van der Waals surface area (Å²) in [4.78, 5) is 35.3. The molecule has 0 saturated carbocycles. The molecule has 2 aromatic rings. The Morgan fingerprint density at radius 3 is 2.78 bits per heavy atom. The molecule has 1 N–H and O–H groups in total. The predicted octanol–water partition coefficient (Wildman–Crippen LogP) is 1.32. The van der Waals surface area contributed by atoms with Crippen molar-refractivity contribution in [1.29, 1.82) is 0 Å². The Morgan fingerprint density at radius 1 is 1.50 bits per heavy atom. The van der Waals surface area contributed by atoms with Crippen LogP contribution < -0.4 is 11.2 Å². The normalized spacial score (nSPS) is 10.5. The summed E-state index contributed by atoms with van der Waals surface area (Å²) in [6.45, 7) is 0.161. The lowest BCUT2D eigenvalue weighted by atomic mass is 10.4. The maximum absolute atomic E-state index is 11.5. The molecule has 0 amide bonds. The van der Waals surface area contributed by atoms with E-state index in [1.54, 1.807) is 0 Å². The molecule has 0 aliphatic rings. The van der Waals surface area contributed by atoms with Crippen molar-refractivity contribution in [3.63, 3.8) is 0 Å². The first-order chi connectivity index (χ1) is 8.49. The molecule has 2 heterocycles. The lowest BCUT2D eigenvalue weighted by Crippen LogP contribution is -2.30. The van der Waals surface area contributed by atoms with Crippen LogP contribution in [0.15, 0.2) is 31.7 Å². The summed E-state index contributed by atoms with van der Waals surface area (Å²) in [5, 5.41) is 12.4. The zero-order chi connectivity index (χ0) is 13.3. The highest BCUT2D eigenvalue weighted by atomic mass is 79.9. The summed E-state index contributed by atoms with van der Waals surface area (Å²) in [7, 11) is 0. The number of nitrogens with zero attached hydrogens (tertiary/aromatic N) is 2. The van der Waals surface area contributed by atoms with Gasteiger partial charge in [0, 0.05) is 9.35 Å². The highest BCUT2D eigenvalue weighted by Crippen LogP contribution is 2.23. The van der Waals surface area contributed by atoms with Crippen LogP contribution in [0.4, 0.5) is 5.69 Å². The molecule has 2 rings (SSSR count). The van der Waals surface area contributed by atoms with Crippen LogP contribution in [-0.2, 0) is 6.54 Å². The molecule has 7 nitrogen and oxygen atoms in total. The van der Waals surface area contributed by atoms with E-state index in [4.69, 9.17) is 0 Å². The average molecular weight is 332 g/mol. The third kappa shape index (κ3) is 2.41. The molecule has 0 unspecified atom stereocenters. The summed E-state index contributed by atoms with van der Waals surface area (Å²) in [5.41, 5.74) is -2.32. The van der Waals surface area contributed by atoms with Crippen LogP contribution in [0.3, 0.4) is 0 Å². The average Bonchev–Trinajstić information content (AvgIpc) is 2.67. The second kappa shape index (κ2) is 4.86. The van der Waals surface area contributed by atoms with E-state index in [9.17, 15) is 19.7 Å². The first kappa shape index (κ1) is 12.7. The number of hydrogen-bond acceptors (Lipinski definition) is 5. The molecular formula is C9H6BrN3O4S. The largest absolute Gasteiger partial charge is 0.350 e. The predicted molar refractivity (Wildman–Crippen MR) is 69.1 cm³/mol. The van der Waals surface area contributed by atoms with Gasteiger partial charge in [-0.05, 0) is 27.4 Å². The minimum atomic E-state index is -0.994. The van der Waals surface area contributed by atoms with Gasteiger partial charge in [0.15, 0.2) is 0 Å². The van der Waals surface area contributed by atoms with Crippen LogP contribution in [0.25, 0.3) is 0 Å². The van der Waals surface area contributed by atoms with Crippen molar-refractivity contribution in [3.05, 3.63) is 57.9 Å². The van der Waals surface area contributed by atoms with Gasteiger partial charge in [-0.1, -0.05) is 0 Å². The smallest absolute Gasteiger partial charge is 0.288 e. The van der Waals surface area contributed by atoms with Gasteiger partial charge in [-0.25, -0.2) is 4.79 Å². The van der Waals surface area contributed by atoms with Gasteiger partial charge in [0.25, 0.3) is 0 Å². The standard InChI is InChI=1S/C9H6BrN3O4S/c10-5-1-2-18-7(5)4-12-3-6(13(16)17)8(14)11-9(12)15/h1-3H,4H2,(H,11,14,15). The van der Waals surface area contributed by atoms with Crippen molar-refractivity contribution < 1.29 is 4.92 Å². The van der Waals surface area contributed by atoms with E-state index < -0.39 is 21.9 Å². The van der Waals surface area contributed by atoms with Crippen molar-refractivity contribution in [2.24, 2.45) is 0 Å². The number of hydrogen-bond donors (Lipinski definition) is 1. The molecule has 94 valence electrons. The number of nitro groups is 1. The molecule has 2 aromatic heterocycles. The molecule has 0 aliphatic carbocycles. The first-order valence-electron chi connectivity index (χ1n) is 4.69. The Hall–Kier alpha value is -1.74. The zero-order valence-electron chi connectivity index (χ0n) is 8.75. The number of rotatable bonds is 3. The van der Waals surface area contributed by atoms with Crippen molar-refractivity contribution in [3.8, 4) is 0 Å². The van der Waals surface area contributed by atoms with Crippen LogP contribution in [-0.4, -0.2) is 14.5 Å². The Labute approximate surface area is 112 Å².